The lowest BCUT2D eigenvalue weighted by Gasteiger charge is -2.11. The minimum atomic E-state index is -0.380. The second-order valence-electron chi connectivity index (χ2n) is 5.03. The topological polar surface area (TPSA) is 73.0 Å². The number of halogens is 1. The Balaban J connectivity index is 1.63. The zero-order valence-electron chi connectivity index (χ0n) is 12.8. The van der Waals surface area contributed by atoms with E-state index in [1.54, 1.807) is 36.6 Å². The van der Waals surface area contributed by atoms with Gasteiger partial charge in [0.25, 0.3) is 0 Å². The number of thioether (sulfide) groups is 1. The maximum atomic E-state index is 13.9. The Morgan fingerprint density at radius 2 is 2.21 bits per heavy atom. The number of carbonyl (C=O) groups excluding carboxylic acids is 1. The number of nitrogens with zero attached hydrogens (tertiary/aromatic N) is 3. The molecular weight excluding hydrogens is 331 g/mol. The highest BCUT2D eigenvalue weighted by molar-refractivity contribution is 7.99. The molecule has 0 saturated heterocycles. The molecule has 0 unspecified atom stereocenters. The van der Waals surface area contributed by atoms with Crippen LogP contribution in [0.25, 0.3) is 5.69 Å². The fourth-order valence-electron chi connectivity index (χ4n) is 2.16. The predicted octanol–water partition coefficient (Wildman–Crippen LogP) is 2.97. The number of nitrogens with one attached hydrogen (secondary N) is 1. The Kier molecular flexibility index (Phi) is 4.95. The van der Waals surface area contributed by atoms with E-state index in [9.17, 15) is 9.18 Å². The Labute approximate surface area is 142 Å². The second-order valence-corrected chi connectivity index (χ2v) is 5.97. The van der Waals surface area contributed by atoms with Crippen LogP contribution in [0.3, 0.4) is 0 Å². The molecule has 0 fully saturated rings. The third kappa shape index (κ3) is 3.65. The molecule has 0 radical (unpaired) electrons. The zero-order valence-corrected chi connectivity index (χ0v) is 13.7. The number of aromatic nitrogens is 3. The summed E-state index contributed by atoms with van der Waals surface area (Å²) < 4.78 is 20.6. The van der Waals surface area contributed by atoms with E-state index in [4.69, 9.17) is 4.42 Å². The zero-order chi connectivity index (χ0) is 16.9. The summed E-state index contributed by atoms with van der Waals surface area (Å²) in [5.74, 6) is 0.267. The van der Waals surface area contributed by atoms with Gasteiger partial charge in [-0.1, -0.05) is 23.9 Å². The third-order valence-corrected chi connectivity index (χ3v) is 4.25. The van der Waals surface area contributed by atoms with Crippen LogP contribution in [0.15, 0.2) is 58.6 Å². The normalized spacial score (nSPS) is 12.1. The maximum Gasteiger partial charge on any atom is 0.231 e. The smallest absolute Gasteiger partial charge is 0.231 e. The molecule has 1 aromatic carbocycles. The van der Waals surface area contributed by atoms with Gasteiger partial charge in [-0.2, -0.15) is 0 Å². The predicted molar refractivity (Wildman–Crippen MR) is 87.3 cm³/mol. The minimum Gasteiger partial charge on any atom is -0.467 e. The van der Waals surface area contributed by atoms with Gasteiger partial charge in [0.05, 0.1) is 23.7 Å². The molecule has 0 bridgehead atoms. The number of benzene rings is 1. The number of carbonyl (C=O) groups is 1. The van der Waals surface area contributed by atoms with E-state index < -0.39 is 0 Å². The molecule has 124 valence electrons. The summed E-state index contributed by atoms with van der Waals surface area (Å²) >= 11 is 1.18. The number of amides is 1. The molecule has 1 atom stereocenters. The SMILES string of the molecule is C[C@H](NC(=O)CSc1nncn1-c1ccccc1F)c1ccco1. The van der Waals surface area contributed by atoms with Gasteiger partial charge >= 0.3 is 0 Å². The van der Waals surface area contributed by atoms with Crippen molar-refractivity contribution in [1.29, 1.82) is 0 Å². The van der Waals surface area contributed by atoms with Crippen molar-refractivity contribution in [2.45, 2.75) is 18.1 Å². The summed E-state index contributed by atoms with van der Waals surface area (Å²) in [6, 6.07) is 9.67. The van der Waals surface area contributed by atoms with Gasteiger partial charge in [-0.25, -0.2) is 4.39 Å². The number of hydrogen-bond donors (Lipinski definition) is 1. The van der Waals surface area contributed by atoms with Crippen LogP contribution >= 0.6 is 11.8 Å². The van der Waals surface area contributed by atoms with Gasteiger partial charge in [0.15, 0.2) is 5.16 Å². The first-order valence-electron chi connectivity index (χ1n) is 7.25. The van der Waals surface area contributed by atoms with Gasteiger partial charge in [-0.15, -0.1) is 10.2 Å². The largest absolute Gasteiger partial charge is 0.467 e. The third-order valence-electron chi connectivity index (χ3n) is 3.31. The van der Waals surface area contributed by atoms with E-state index in [-0.39, 0.29) is 23.5 Å². The van der Waals surface area contributed by atoms with E-state index in [0.29, 0.717) is 16.6 Å². The molecule has 24 heavy (non-hydrogen) atoms. The lowest BCUT2D eigenvalue weighted by atomic mass is 10.2. The van der Waals surface area contributed by atoms with Crippen molar-refractivity contribution in [2.75, 3.05) is 5.75 Å². The first-order chi connectivity index (χ1) is 11.6. The van der Waals surface area contributed by atoms with Crippen molar-refractivity contribution in [2.24, 2.45) is 0 Å². The molecule has 3 aromatic rings. The standard InChI is InChI=1S/C16H15FN4O2S/c1-11(14-7-4-8-23-14)19-15(22)9-24-16-20-18-10-21(16)13-6-3-2-5-12(13)17/h2-8,10-11H,9H2,1H3,(H,19,22)/t11-/m0/s1. The quantitative estimate of drug-likeness (QED) is 0.695. The van der Waals surface area contributed by atoms with E-state index >= 15 is 0 Å². The van der Waals surface area contributed by atoms with Crippen LogP contribution in [0.4, 0.5) is 4.39 Å². The van der Waals surface area contributed by atoms with Gasteiger partial charge < -0.3 is 9.73 Å². The van der Waals surface area contributed by atoms with Crippen molar-refractivity contribution in [3.63, 3.8) is 0 Å². The number of hydrogen-bond acceptors (Lipinski definition) is 5. The van der Waals surface area contributed by atoms with Gasteiger partial charge in [-0.3, -0.25) is 9.36 Å². The summed E-state index contributed by atoms with van der Waals surface area (Å²) in [5.41, 5.74) is 0.342. The summed E-state index contributed by atoms with van der Waals surface area (Å²) in [6.45, 7) is 1.84. The molecule has 6 nitrogen and oxygen atoms in total. The van der Waals surface area contributed by atoms with Crippen LogP contribution < -0.4 is 5.32 Å². The molecule has 0 aliphatic rings. The lowest BCUT2D eigenvalue weighted by Crippen LogP contribution is -2.28. The average molecular weight is 346 g/mol. The van der Waals surface area contributed by atoms with Crippen LogP contribution in [0.2, 0.25) is 0 Å². The van der Waals surface area contributed by atoms with Gasteiger partial charge in [0.2, 0.25) is 5.91 Å². The average Bonchev–Trinajstić information content (AvgIpc) is 3.25. The van der Waals surface area contributed by atoms with Crippen molar-refractivity contribution in [3.05, 3.63) is 60.6 Å². The Bertz CT molecular complexity index is 819. The number of para-hydroxylation sites is 1. The monoisotopic (exact) mass is 346 g/mol. The van der Waals surface area contributed by atoms with Gasteiger partial charge in [0.1, 0.15) is 17.9 Å². The van der Waals surface area contributed by atoms with E-state index in [0.717, 1.165) is 0 Å². The first-order valence-corrected chi connectivity index (χ1v) is 8.24. The summed E-state index contributed by atoms with van der Waals surface area (Å²) in [5, 5.41) is 11.0. The van der Waals surface area contributed by atoms with Crippen LogP contribution in [0.5, 0.6) is 0 Å². The molecule has 1 N–H and O–H groups in total. The summed E-state index contributed by atoms with van der Waals surface area (Å²) in [4.78, 5) is 12.1. The molecule has 0 spiro atoms. The molecule has 8 heteroatoms. The van der Waals surface area contributed by atoms with E-state index in [1.807, 2.05) is 6.92 Å². The molecule has 2 heterocycles. The summed E-state index contributed by atoms with van der Waals surface area (Å²) in [7, 11) is 0. The van der Waals surface area contributed by atoms with Crippen LogP contribution in [-0.2, 0) is 4.79 Å². The Hall–Kier alpha value is -2.61. The van der Waals surface area contributed by atoms with Gasteiger partial charge in [-0.05, 0) is 31.2 Å². The molecular formula is C16H15FN4O2S. The molecule has 0 saturated carbocycles. The van der Waals surface area contributed by atoms with Crippen molar-refractivity contribution >= 4 is 17.7 Å². The van der Waals surface area contributed by atoms with Crippen molar-refractivity contribution in [3.8, 4) is 5.69 Å². The maximum absolute atomic E-state index is 13.9. The fourth-order valence-corrected chi connectivity index (χ4v) is 2.89. The van der Waals surface area contributed by atoms with E-state index in [1.165, 1.54) is 28.7 Å². The molecule has 2 aromatic heterocycles. The van der Waals surface area contributed by atoms with Gasteiger partial charge in [0, 0.05) is 0 Å². The molecule has 0 aliphatic carbocycles. The Morgan fingerprint density at radius 1 is 1.38 bits per heavy atom. The molecule has 0 aliphatic heterocycles. The second kappa shape index (κ2) is 7.31. The van der Waals surface area contributed by atoms with Crippen LogP contribution in [0.1, 0.15) is 18.7 Å². The highest BCUT2D eigenvalue weighted by Gasteiger charge is 2.15. The number of furan rings is 1. The first kappa shape index (κ1) is 16.3. The van der Waals surface area contributed by atoms with Crippen LogP contribution in [0, 0.1) is 5.82 Å². The lowest BCUT2D eigenvalue weighted by molar-refractivity contribution is -0.119. The highest BCUT2D eigenvalue weighted by atomic mass is 32.2. The van der Waals surface area contributed by atoms with Crippen LogP contribution in [-0.4, -0.2) is 26.4 Å². The highest BCUT2D eigenvalue weighted by Crippen LogP contribution is 2.21. The number of rotatable bonds is 6. The molecule has 1 amide bonds. The molecule has 3 rings (SSSR count). The Morgan fingerprint density at radius 3 is 2.96 bits per heavy atom. The van der Waals surface area contributed by atoms with Crippen molar-refractivity contribution < 1.29 is 13.6 Å². The minimum absolute atomic E-state index is 0.137. The summed E-state index contributed by atoms with van der Waals surface area (Å²) in [6.07, 6.45) is 2.98. The van der Waals surface area contributed by atoms with E-state index in [2.05, 4.69) is 15.5 Å². The van der Waals surface area contributed by atoms with Crippen molar-refractivity contribution in [1.82, 2.24) is 20.1 Å². The fraction of sp³-hybridized carbons (Fsp3) is 0.188.